The van der Waals surface area contributed by atoms with Crippen LogP contribution in [0, 0.1) is 5.92 Å². The van der Waals surface area contributed by atoms with E-state index >= 15 is 0 Å². The van der Waals surface area contributed by atoms with E-state index in [1.165, 1.54) is 25.7 Å². The van der Waals surface area contributed by atoms with Gasteiger partial charge in [0.05, 0.1) is 0 Å². The van der Waals surface area contributed by atoms with Crippen molar-refractivity contribution in [3.05, 3.63) is 0 Å². The van der Waals surface area contributed by atoms with Gasteiger partial charge in [0.2, 0.25) is 0 Å². The first-order valence-electron chi connectivity index (χ1n) is 8.73. The van der Waals surface area contributed by atoms with E-state index in [-0.39, 0.29) is 19.0 Å². The zero-order chi connectivity index (χ0) is 17.6. The van der Waals surface area contributed by atoms with Crippen LogP contribution in [0.25, 0.3) is 0 Å². The van der Waals surface area contributed by atoms with E-state index in [0.717, 1.165) is 17.1 Å². The van der Waals surface area contributed by atoms with Gasteiger partial charge < -0.3 is 11.1 Å². The maximum atomic E-state index is 12.5. The van der Waals surface area contributed by atoms with Gasteiger partial charge in [-0.3, -0.25) is 4.99 Å². The minimum atomic E-state index is -4.45. The van der Waals surface area contributed by atoms with Gasteiger partial charge in [0.15, 0.2) is 5.96 Å². The van der Waals surface area contributed by atoms with E-state index < -0.39 is 15.8 Å². The highest BCUT2D eigenvalue weighted by atomic mass is 32.2. The molecule has 0 aromatic carbocycles. The van der Waals surface area contributed by atoms with Crippen LogP contribution < -0.4 is 11.1 Å². The summed E-state index contributed by atoms with van der Waals surface area (Å²) in [6.07, 6.45) is 8.26. The van der Waals surface area contributed by atoms with Gasteiger partial charge in [-0.05, 0) is 31.6 Å². The number of nitrogens with two attached hydrogens (primary N) is 1. The van der Waals surface area contributed by atoms with E-state index in [2.05, 4.69) is 10.3 Å². The Balaban J connectivity index is 1.75. The number of sulfonamides is 1. The Morgan fingerprint density at radius 1 is 1.12 bits per heavy atom. The molecule has 1 saturated carbocycles. The van der Waals surface area contributed by atoms with Crippen LogP contribution in [-0.2, 0) is 10.0 Å². The summed E-state index contributed by atoms with van der Waals surface area (Å²) >= 11 is 0. The summed E-state index contributed by atoms with van der Waals surface area (Å²) in [6.45, 7) is 0.764. The first-order chi connectivity index (χ1) is 11.4. The van der Waals surface area contributed by atoms with Crippen molar-refractivity contribution in [2.24, 2.45) is 16.6 Å². The molecule has 6 nitrogen and oxygen atoms in total. The first kappa shape index (κ1) is 19.4. The average Bonchev–Trinajstić information content (AvgIpc) is 2.82. The standard InChI is InChI=1S/C15H28F2N4O2S/c16-14(17)24(22,23)21-9-7-12(8-10-21)11-19-15(18)20-13-5-3-1-2-4-6-13/h12-14H,1-11H2,(H3,18,19,20). The minimum absolute atomic E-state index is 0.128. The maximum Gasteiger partial charge on any atom is 0.350 e. The molecule has 0 amide bonds. The third kappa shape index (κ3) is 5.54. The van der Waals surface area contributed by atoms with Gasteiger partial charge in [-0.25, -0.2) is 8.42 Å². The Morgan fingerprint density at radius 3 is 2.25 bits per heavy atom. The summed E-state index contributed by atoms with van der Waals surface area (Å²) in [5.74, 6) is -2.72. The lowest BCUT2D eigenvalue weighted by Crippen LogP contribution is -2.42. The number of piperidine rings is 1. The van der Waals surface area contributed by atoms with E-state index in [9.17, 15) is 17.2 Å². The van der Waals surface area contributed by atoms with Crippen molar-refractivity contribution < 1.29 is 17.2 Å². The average molecular weight is 366 g/mol. The molecule has 140 valence electrons. The number of hydrogen-bond acceptors (Lipinski definition) is 3. The zero-order valence-electron chi connectivity index (χ0n) is 14.0. The van der Waals surface area contributed by atoms with Gasteiger partial charge in [-0.1, -0.05) is 25.7 Å². The zero-order valence-corrected chi connectivity index (χ0v) is 14.8. The fraction of sp³-hybridized carbons (Fsp3) is 0.933. The maximum absolute atomic E-state index is 12.5. The van der Waals surface area contributed by atoms with Crippen LogP contribution in [0.15, 0.2) is 4.99 Å². The van der Waals surface area contributed by atoms with Crippen LogP contribution in [0.2, 0.25) is 0 Å². The summed E-state index contributed by atoms with van der Waals surface area (Å²) in [5.41, 5.74) is 5.94. The summed E-state index contributed by atoms with van der Waals surface area (Å²) < 4.78 is 48.8. The summed E-state index contributed by atoms with van der Waals surface area (Å²) in [5, 5.41) is 3.27. The van der Waals surface area contributed by atoms with Gasteiger partial charge in [0.25, 0.3) is 10.0 Å². The van der Waals surface area contributed by atoms with Crippen LogP contribution in [-0.4, -0.2) is 50.1 Å². The SMILES string of the molecule is NC(=NCC1CCN(S(=O)(=O)C(F)F)CC1)NC1CCCCCC1. The summed E-state index contributed by atoms with van der Waals surface area (Å²) in [6, 6.07) is 0.384. The molecular weight excluding hydrogens is 338 g/mol. The number of rotatable bonds is 5. The molecule has 1 saturated heterocycles. The summed E-state index contributed by atoms with van der Waals surface area (Å²) in [7, 11) is -4.45. The van der Waals surface area contributed by atoms with Crippen LogP contribution in [0.4, 0.5) is 8.78 Å². The molecule has 0 atom stereocenters. The predicted octanol–water partition coefficient (Wildman–Crippen LogP) is 1.88. The van der Waals surface area contributed by atoms with Gasteiger partial charge in [0.1, 0.15) is 0 Å². The third-order valence-corrected chi connectivity index (χ3v) is 6.42. The van der Waals surface area contributed by atoms with Crippen LogP contribution in [0.1, 0.15) is 51.4 Å². The molecule has 2 fully saturated rings. The van der Waals surface area contributed by atoms with Gasteiger partial charge in [-0.2, -0.15) is 13.1 Å². The van der Waals surface area contributed by atoms with Crippen molar-refractivity contribution in [3.63, 3.8) is 0 Å². The van der Waals surface area contributed by atoms with Crippen LogP contribution >= 0.6 is 0 Å². The molecule has 9 heteroatoms. The quantitative estimate of drug-likeness (QED) is 0.442. The molecule has 0 radical (unpaired) electrons. The number of alkyl halides is 2. The van der Waals surface area contributed by atoms with Crippen molar-refractivity contribution in [2.45, 2.75) is 63.2 Å². The van der Waals surface area contributed by atoms with Crippen molar-refractivity contribution >= 4 is 16.0 Å². The van der Waals surface area contributed by atoms with Gasteiger partial charge in [0, 0.05) is 25.7 Å². The fourth-order valence-corrected chi connectivity index (χ4v) is 4.31. The lowest BCUT2D eigenvalue weighted by Gasteiger charge is -2.30. The minimum Gasteiger partial charge on any atom is -0.370 e. The van der Waals surface area contributed by atoms with Crippen molar-refractivity contribution in [3.8, 4) is 0 Å². The Hall–Kier alpha value is -0.960. The highest BCUT2D eigenvalue weighted by Gasteiger charge is 2.34. The number of hydrogen-bond donors (Lipinski definition) is 2. The summed E-state index contributed by atoms with van der Waals surface area (Å²) in [4.78, 5) is 4.36. The van der Waals surface area contributed by atoms with Crippen LogP contribution in [0.5, 0.6) is 0 Å². The van der Waals surface area contributed by atoms with Crippen LogP contribution in [0.3, 0.4) is 0 Å². The molecule has 1 aliphatic heterocycles. The fourth-order valence-electron chi connectivity index (χ4n) is 3.36. The molecule has 1 aliphatic carbocycles. The number of nitrogens with zero attached hydrogens (tertiary/aromatic N) is 2. The van der Waals surface area contributed by atoms with Gasteiger partial charge in [-0.15, -0.1) is 0 Å². The Morgan fingerprint density at radius 2 is 1.71 bits per heavy atom. The van der Waals surface area contributed by atoms with E-state index in [4.69, 9.17) is 5.73 Å². The highest BCUT2D eigenvalue weighted by molar-refractivity contribution is 7.89. The Kier molecular flexibility index (Phi) is 7.21. The number of guanidine groups is 1. The predicted molar refractivity (Wildman–Crippen MR) is 90.3 cm³/mol. The molecule has 0 unspecified atom stereocenters. The second-order valence-corrected chi connectivity index (χ2v) is 8.61. The number of nitrogens with one attached hydrogen (secondary N) is 1. The van der Waals surface area contributed by atoms with E-state index in [1.54, 1.807) is 0 Å². The van der Waals surface area contributed by atoms with Crippen molar-refractivity contribution in [1.82, 2.24) is 9.62 Å². The molecule has 24 heavy (non-hydrogen) atoms. The van der Waals surface area contributed by atoms with Crippen molar-refractivity contribution in [1.29, 1.82) is 0 Å². The molecule has 2 aliphatic rings. The lowest BCUT2D eigenvalue weighted by atomic mass is 9.98. The molecule has 3 N–H and O–H groups in total. The Labute approximate surface area is 142 Å². The van der Waals surface area contributed by atoms with Crippen molar-refractivity contribution in [2.75, 3.05) is 19.6 Å². The molecule has 0 aromatic rings. The van der Waals surface area contributed by atoms with E-state index in [0.29, 0.717) is 31.4 Å². The van der Waals surface area contributed by atoms with E-state index in [1.807, 2.05) is 0 Å². The molecular formula is C15H28F2N4O2S. The monoisotopic (exact) mass is 366 g/mol. The number of halogens is 2. The normalized spacial score (nSPS) is 23.4. The smallest absolute Gasteiger partial charge is 0.350 e. The third-order valence-electron chi connectivity index (χ3n) is 4.89. The highest BCUT2D eigenvalue weighted by Crippen LogP contribution is 2.23. The number of aliphatic imine (C=N–C) groups is 1. The Bertz CT molecular complexity index is 512. The molecule has 1 heterocycles. The first-order valence-corrected chi connectivity index (χ1v) is 10.2. The lowest BCUT2D eigenvalue weighted by molar-refractivity contribution is 0.205. The molecule has 2 rings (SSSR count). The topological polar surface area (TPSA) is 87.8 Å². The second-order valence-electron chi connectivity index (χ2n) is 6.71. The molecule has 0 bridgehead atoms. The largest absolute Gasteiger partial charge is 0.370 e. The molecule has 0 aromatic heterocycles. The second kappa shape index (κ2) is 8.94. The van der Waals surface area contributed by atoms with Gasteiger partial charge >= 0.3 is 5.76 Å². The molecule has 0 spiro atoms.